The quantitative estimate of drug-likeness (QED) is 0.792. The van der Waals surface area contributed by atoms with Gasteiger partial charge in [-0.1, -0.05) is 6.92 Å². The average Bonchev–Trinajstić information content (AvgIpc) is 2.79. The van der Waals surface area contributed by atoms with Crippen LogP contribution in [0.4, 0.5) is 0 Å². The summed E-state index contributed by atoms with van der Waals surface area (Å²) in [6, 6.07) is 3.41. The predicted octanol–water partition coefficient (Wildman–Crippen LogP) is 1.45. The minimum Gasteiger partial charge on any atom is -0.325 e. The molecular formula is C12H18N4O. The fraction of sp³-hybridized carbons (Fsp3) is 0.583. The van der Waals surface area contributed by atoms with Crippen LogP contribution in [-0.4, -0.2) is 33.7 Å². The molecule has 5 nitrogen and oxygen atoms in total. The Hall–Kier alpha value is -1.83. The van der Waals surface area contributed by atoms with Gasteiger partial charge in [-0.05, 0) is 26.3 Å². The highest BCUT2D eigenvalue weighted by Gasteiger charge is 2.21. The molecule has 1 aromatic heterocycles. The summed E-state index contributed by atoms with van der Waals surface area (Å²) >= 11 is 0. The second kappa shape index (κ2) is 5.48. The zero-order valence-electron chi connectivity index (χ0n) is 10.8. The molecule has 1 unspecified atom stereocenters. The Kier molecular flexibility index (Phi) is 4.27. The minimum absolute atomic E-state index is 0.159. The molecule has 0 N–H and O–H groups in total. The molecule has 0 saturated carbocycles. The van der Waals surface area contributed by atoms with E-state index in [4.69, 9.17) is 5.26 Å². The van der Waals surface area contributed by atoms with E-state index in [2.05, 4.69) is 5.10 Å². The van der Waals surface area contributed by atoms with Gasteiger partial charge in [0.05, 0.1) is 11.8 Å². The van der Waals surface area contributed by atoms with Gasteiger partial charge in [0.15, 0.2) is 0 Å². The van der Waals surface area contributed by atoms with Gasteiger partial charge in [0.1, 0.15) is 11.7 Å². The van der Waals surface area contributed by atoms with Gasteiger partial charge in [0.25, 0.3) is 5.91 Å². The van der Waals surface area contributed by atoms with Gasteiger partial charge >= 0.3 is 0 Å². The Labute approximate surface area is 102 Å². The molecule has 92 valence electrons. The number of carbonyl (C=O) groups is 1. The molecule has 0 bridgehead atoms. The molecule has 0 fully saturated rings. The molecule has 0 aliphatic carbocycles. The zero-order chi connectivity index (χ0) is 13.0. The van der Waals surface area contributed by atoms with E-state index >= 15 is 0 Å². The highest BCUT2D eigenvalue weighted by molar-refractivity contribution is 5.93. The molecule has 0 aliphatic heterocycles. The molecule has 0 aliphatic rings. The lowest BCUT2D eigenvalue weighted by atomic mass is 10.2. The Morgan fingerprint density at radius 2 is 2.29 bits per heavy atom. The molecule has 1 heterocycles. The average molecular weight is 234 g/mol. The Bertz CT molecular complexity index is 444. The van der Waals surface area contributed by atoms with Crippen molar-refractivity contribution in [1.82, 2.24) is 14.7 Å². The number of rotatable bonds is 4. The van der Waals surface area contributed by atoms with E-state index in [9.17, 15) is 4.79 Å². The van der Waals surface area contributed by atoms with Crippen molar-refractivity contribution in [2.24, 2.45) is 0 Å². The maximum atomic E-state index is 12.2. The number of aryl methyl sites for hydroxylation is 2. The Balaban J connectivity index is 3.03. The molecule has 17 heavy (non-hydrogen) atoms. The standard InChI is InChI=1S/C12H18N4O/c1-5-10-7-11(16(6-2)14-10)12(17)15(4)9(3)8-13/h7,9H,5-6H2,1-4H3. The smallest absolute Gasteiger partial charge is 0.272 e. The second-order valence-corrected chi connectivity index (χ2v) is 3.91. The first-order valence-corrected chi connectivity index (χ1v) is 5.78. The molecule has 1 amide bonds. The van der Waals surface area contributed by atoms with Crippen LogP contribution in [0.3, 0.4) is 0 Å². The van der Waals surface area contributed by atoms with Crippen molar-refractivity contribution < 1.29 is 4.79 Å². The van der Waals surface area contributed by atoms with Crippen molar-refractivity contribution >= 4 is 5.91 Å². The third-order valence-electron chi connectivity index (χ3n) is 2.80. The number of hydrogen-bond donors (Lipinski definition) is 0. The summed E-state index contributed by atoms with van der Waals surface area (Å²) in [4.78, 5) is 13.6. The number of nitrogens with zero attached hydrogens (tertiary/aromatic N) is 4. The fourth-order valence-corrected chi connectivity index (χ4v) is 1.50. The summed E-state index contributed by atoms with van der Waals surface area (Å²) in [5, 5.41) is 13.1. The number of aromatic nitrogens is 2. The van der Waals surface area contributed by atoms with Gasteiger partial charge in [-0.25, -0.2) is 0 Å². The summed E-state index contributed by atoms with van der Waals surface area (Å²) in [5.41, 5.74) is 1.45. The van der Waals surface area contributed by atoms with Gasteiger partial charge in [-0.2, -0.15) is 10.4 Å². The number of hydrogen-bond acceptors (Lipinski definition) is 3. The monoisotopic (exact) mass is 234 g/mol. The van der Waals surface area contributed by atoms with E-state index in [0.717, 1.165) is 12.1 Å². The highest BCUT2D eigenvalue weighted by atomic mass is 16.2. The van der Waals surface area contributed by atoms with Crippen molar-refractivity contribution in [3.8, 4) is 6.07 Å². The van der Waals surface area contributed by atoms with Crippen LogP contribution in [0.15, 0.2) is 6.07 Å². The molecule has 0 spiro atoms. The van der Waals surface area contributed by atoms with Crippen LogP contribution in [-0.2, 0) is 13.0 Å². The largest absolute Gasteiger partial charge is 0.325 e. The van der Waals surface area contributed by atoms with E-state index in [1.807, 2.05) is 19.9 Å². The second-order valence-electron chi connectivity index (χ2n) is 3.91. The van der Waals surface area contributed by atoms with Crippen molar-refractivity contribution in [3.05, 3.63) is 17.5 Å². The van der Waals surface area contributed by atoms with Crippen molar-refractivity contribution in [3.63, 3.8) is 0 Å². The third-order valence-corrected chi connectivity index (χ3v) is 2.80. The van der Waals surface area contributed by atoms with Gasteiger partial charge in [-0.3, -0.25) is 9.48 Å². The molecule has 5 heteroatoms. The van der Waals surface area contributed by atoms with Crippen LogP contribution in [0.2, 0.25) is 0 Å². The topological polar surface area (TPSA) is 61.9 Å². The number of amides is 1. The lowest BCUT2D eigenvalue weighted by Crippen LogP contribution is -2.35. The van der Waals surface area contributed by atoms with Crippen LogP contribution < -0.4 is 0 Å². The molecule has 1 atom stereocenters. The van der Waals surface area contributed by atoms with Crippen molar-refractivity contribution in [1.29, 1.82) is 5.26 Å². The zero-order valence-corrected chi connectivity index (χ0v) is 10.8. The van der Waals surface area contributed by atoms with Crippen LogP contribution in [0.1, 0.15) is 37.0 Å². The van der Waals surface area contributed by atoms with Crippen molar-refractivity contribution in [2.45, 2.75) is 39.8 Å². The summed E-state index contributed by atoms with van der Waals surface area (Å²) in [7, 11) is 1.63. The van der Waals surface area contributed by atoms with E-state index in [0.29, 0.717) is 12.2 Å². The first-order valence-electron chi connectivity index (χ1n) is 5.78. The minimum atomic E-state index is -0.437. The first-order chi connectivity index (χ1) is 8.04. The first kappa shape index (κ1) is 13.2. The number of carbonyl (C=O) groups excluding carboxylic acids is 1. The van der Waals surface area contributed by atoms with Crippen LogP contribution in [0.25, 0.3) is 0 Å². The molecule has 0 saturated heterocycles. The maximum Gasteiger partial charge on any atom is 0.272 e. The van der Waals surface area contributed by atoms with E-state index in [1.165, 1.54) is 4.90 Å². The lowest BCUT2D eigenvalue weighted by molar-refractivity contribution is 0.0761. The van der Waals surface area contributed by atoms with Crippen LogP contribution in [0, 0.1) is 11.3 Å². The highest BCUT2D eigenvalue weighted by Crippen LogP contribution is 2.10. The number of nitriles is 1. The third kappa shape index (κ3) is 2.64. The lowest BCUT2D eigenvalue weighted by Gasteiger charge is -2.19. The molecule has 0 aromatic carbocycles. The Morgan fingerprint density at radius 1 is 1.65 bits per heavy atom. The maximum absolute atomic E-state index is 12.2. The molecule has 1 rings (SSSR count). The molecular weight excluding hydrogens is 216 g/mol. The van der Waals surface area contributed by atoms with Crippen LogP contribution >= 0.6 is 0 Å². The predicted molar refractivity (Wildman–Crippen MR) is 64.4 cm³/mol. The summed E-state index contributed by atoms with van der Waals surface area (Å²) in [5.74, 6) is -0.159. The van der Waals surface area contributed by atoms with Gasteiger partial charge in [-0.15, -0.1) is 0 Å². The Morgan fingerprint density at radius 3 is 2.76 bits per heavy atom. The van der Waals surface area contributed by atoms with Gasteiger partial charge < -0.3 is 4.90 Å². The van der Waals surface area contributed by atoms with Crippen LogP contribution in [0.5, 0.6) is 0 Å². The summed E-state index contributed by atoms with van der Waals surface area (Å²) in [6.45, 7) is 6.29. The summed E-state index contributed by atoms with van der Waals surface area (Å²) in [6.07, 6.45) is 0.796. The summed E-state index contributed by atoms with van der Waals surface area (Å²) < 4.78 is 1.68. The van der Waals surface area contributed by atoms with Gasteiger partial charge in [0, 0.05) is 13.6 Å². The van der Waals surface area contributed by atoms with E-state index in [1.54, 1.807) is 24.7 Å². The van der Waals surface area contributed by atoms with E-state index in [-0.39, 0.29) is 5.91 Å². The normalized spacial score (nSPS) is 11.9. The SMILES string of the molecule is CCc1cc(C(=O)N(C)C(C)C#N)n(CC)n1. The fourth-order valence-electron chi connectivity index (χ4n) is 1.50. The van der Waals surface area contributed by atoms with Crippen molar-refractivity contribution in [2.75, 3.05) is 7.05 Å². The molecule has 0 radical (unpaired) electrons. The van der Waals surface area contributed by atoms with Gasteiger partial charge in [0.2, 0.25) is 0 Å². The van der Waals surface area contributed by atoms with E-state index < -0.39 is 6.04 Å². The molecule has 1 aromatic rings.